The number of anilines is 1. The van der Waals surface area contributed by atoms with Gasteiger partial charge in [0.2, 0.25) is 0 Å². The van der Waals surface area contributed by atoms with Crippen LogP contribution in [0.5, 0.6) is 0 Å². The Hall–Kier alpha value is -1.49. The van der Waals surface area contributed by atoms with Crippen LogP contribution in [-0.2, 0) is 4.79 Å². The molecule has 2 fully saturated rings. The summed E-state index contributed by atoms with van der Waals surface area (Å²) in [6.45, 7) is 0. The average molecular weight is 234 g/mol. The minimum Gasteiger partial charge on any atom is -0.302 e. The van der Waals surface area contributed by atoms with Gasteiger partial charge in [-0.2, -0.15) is 0 Å². The Morgan fingerprint density at radius 3 is 2.62 bits per heavy atom. The van der Waals surface area contributed by atoms with Gasteiger partial charge in [0, 0.05) is 5.75 Å². The number of fused-ring (bicyclic) bond motifs is 1. The van der Waals surface area contributed by atoms with Crippen LogP contribution in [0.15, 0.2) is 30.3 Å². The molecule has 3 amide bonds. The van der Waals surface area contributed by atoms with E-state index in [0.717, 1.165) is 0 Å². The van der Waals surface area contributed by atoms with Crippen molar-refractivity contribution in [3.63, 3.8) is 0 Å². The van der Waals surface area contributed by atoms with E-state index in [9.17, 15) is 9.59 Å². The highest BCUT2D eigenvalue weighted by molar-refractivity contribution is 7.99. The molecule has 0 radical (unpaired) electrons. The minimum atomic E-state index is -0.252. The van der Waals surface area contributed by atoms with E-state index in [4.69, 9.17) is 0 Å². The fourth-order valence-electron chi connectivity index (χ4n) is 2.02. The van der Waals surface area contributed by atoms with Crippen LogP contribution in [0.4, 0.5) is 10.5 Å². The number of carbonyl (C=O) groups is 2. The normalized spacial score (nSPS) is 24.1. The molecule has 1 aromatic rings. The number of imide groups is 1. The molecule has 0 bridgehead atoms. The molecule has 5 heteroatoms. The molecule has 2 aliphatic heterocycles. The summed E-state index contributed by atoms with van der Waals surface area (Å²) < 4.78 is 0. The molecule has 2 saturated heterocycles. The van der Waals surface area contributed by atoms with Crippen LogP contribution < -0.4 is 4.90 Å². The minimum absolute atomic E-state index is 0.0961. The van der Waals surface area contributed by atoms with Gasteiger partial charge in [-0.25, -0.2) is 9.69 Å². The van der Waals surface area contributed by atoms with Crippen molar-refractivity contribution in [1.82, 2.24) is 4.90 Å². The first-order chi connectivity index (χ1) is 7.79. The molecule has 2 heterocycles. The van der Waals surface area contributed by atoms with Crippen molar-refractivity contribution >= 4 is 29.4 Å². The lowest BCUT2D eigenvalue weighted by atomic mass is 10.2. The zero-order valence-corrected chi connectivity index (χ0v) is 9.31. The predicted molar refractivity (Wildman–Crippen MR) is 62.3 cm³/mol. The molecule has 3 rings (SSSR count). The Balaban J connectivity index is 1.98. The summed E-state index contributed by atoms with van der Waals surface area (Å²) >= 11 is 1.63. The number of hydrogen-bond donors (Lipinski definition) is 0. The summed E-state index contributed by atoms with van der Waals surface area (Å²) in [5.41, 5.74) is 0.664. The van der Waals surface area contributed by atoms with E-state index in [1.807, 2.05) is 18.2 Å². The van der Waals surface area contributed by atoms with Crippen LogP contribution in [0.2, 0.25) is 0 Å². The summed E-state index contributed by atoms with van der Waals surface area (Å²) in [6, 6.07) is 8.65. The smallest absolute Gasteiger partial charge is 0.302 e. The Kier molecular flexibility index (Phi) is 2.14. The number of thioether (sulfide) groups is 1. The van der Waals surface area contributed by atoms with E-state index in [-0.39, 0.29) is 18.0 Å². The summed E-state index contributed by atoms with van der Waals surface area (Å²) in [7, 11) is 0. The van der Waals surface area contributed by atoms with Gasteiger partial charge in [-0.3, -0.25) is 4.79 Å². The zero-order valence-electron chi connectivity index (χ0n) is 8.50. The quantitative estimate of drug-likeness (QED) is 0.692. The predicted octanol–water partition coefficient (Wildman–Crippen LogP) is 1.53. The maximum absolute atomic E-state index is 12.0. The van der Waals surface area contributed by atoms with Gasteiger partial charge in [-0.1, -0.05) is 18.2 Å². The van der Waals surface area contributed by atoms with Crippen molar-refractivity contribution in [2.24, 2.45) is 0 Å². The van der Waals surface area contributed by atoms with Crippen LogP contribution in [0, 0.1) is 0 Å². The van der Waals surface area contributed by atoms with Gasteiger partial charge >= 0.3 is 6.03 Å². The zero-order chi connectivity index (χ0) is 11.1. The molecule has 2 aliphatic rings. The second kappa shape index (κ2) is 3.52. The van der Waals surface area contributed by atoms with Crippen molar-refractivity contribution < 1.29 is 9.59 Å². The Morgan fingerprint density at radius 2 is 1.94 bits per heavy atom. The maximum atomic E-state index is 12.0. The third-order valence-electron chi connectivity index (χ3n) is 2.84. The lowest BCUT2D eigenvalue weighted by Gasteiger charge is -2.14. The molecule has 16 heavy (non-hydrogen) atoms. The maximum Gasteiger partial charge on any atom is 0.332 e. The molecular weight excluding hydrogens is 224 g/mol. The number of para-hydroxylation sites is 1. The third kappa shape index (κ3) is 1.24. The van der Waals surface area contributed by atoms with Crippen LogP contribution >= 0.6 is 11.8 Å². The van der Waals surface area contributed by atoms with E-state index in [2.05, 4.69) is 0 Å². The van der Waals surface area contributed by atoms with Crippen LogP contribution in [-0.4, -0.2) is 34.5 Å². The topological polar surface area (TPSA) is 40.6 Å². The summed E-state index contributed by atoms with van der Waals surface area (Å²) in [6.07, 6.45) is 0. The lowest BCUT2D eigenvalue weighted by Crippen LogP contribution is -2.32. The molecule has 0 N–H and O–H groups in total. The van der Waals surface area contributed by atoms with Crippen LogP contribution in [0.25, 0.3) is 0 Å². The largest absolute Gasteiger partial charge is 0.332 e. The van der Waals surface area contributed by atoms with E-state index in [0.29, 0.717) is 17.3 Å². The Morgan fingerprint density at radius 1 is 1.19 bits per heavy atom. The molecule has 4 nitrogen and oxygen atoms in total. The number of benzene rings is 1. The third-order valence-corrected chi connectivity index (χ3v) is 3.85. The molecule has 0 spiro atoms. The number of hydrogen-bond acceptors (Lipinski definition) is 3. The Labute approximate surface area is 97.2 Å². The fourth-order valence-corrected chi connectivity index (χ4v) is 3.16. The van der Waals surface area contributed by atoms with Crippen LogP contribution in [0.3, 0.4) is 0 Å². The van der Waals surface area contributed by atoms with Gasteiger partial charge in [0.15, 0.2) is 0 Å². The SMILES string of the molecule is O=C1[C@H]2CSCN2C(=O)N1c1ccccc1. The molecule has 0 unspecified atom stereocenters. The summed E-state index contributed by atoms with van der Waals surface area (Å²) in [5.74, 6) is 1.24. The summed E-state index contributed by atoms with van der Waals surface area (Å²) in [5, 5.41) is 0. The summed E-state index contributed by atoms with van der Waals surface area (Å²) in [4.78, 5) is 27.0. The highest BCUT2D eigenvalue weighted by Crippen LogP contribution is 2.32. The molecule has 0 aromatic heterocycles. The number of carbonyl (C=O) groups excluding carboxylic acids is 2. The second-order valence-electron chi connectivity index (χ2n) is 3.78. The van der Waals surface area contributed by atoms with E-state index in [1.54, 1.807) is 28.8 Å². The van der Waals surface area contributed by atoms with Gasteiger partial charge in [-0.05, 0) is 12.1 Å². The number of nitrogens with zero attached hydrogens (tertiary/aromatic N) is 2. The van der Waals surface area contributed by atoms with Crippen molar-refractivity contribution in [3.05, 3.63) is 30.3 Å². The first-order valence-electron chi connectivity index (χ1n) is 5.06. The van der Waals surface area contributed by atoms with Gasteiger partial charge in [0.05, 0.1) is 11.6 Å². The first kappa shape index (κ1) is 9.72. The molecule has 82 valence electrons. The molecule has 1 atom stereocenters. The van der Waals surface area contributed by atoms with E-state index >= 15 is 0 Å². The van der Waals surface area contributed by atoms with Crippen molar-refractivity contribution in [1.29, 1.82) is 0 Å². The molecule has 0 aliphatic carbocycles. The van der Waals surface area contributed by atoms with Crippen LogP contribution in [0.1, 0.15) is 0 Å². The highest BCUT2D eigenvalue weighted by atomic mass is 32.2. The number of rotatable bonds is 1. The van der Waals surface area contributed by atoms with Gasteiger partial charge in [0.25, 0.3) is 5.91 Å². The van der Waals surface area contributed by atoms with Gasteiger partial charge in [-0.15, -0.1) is 11.8 Å². The van der Waals surface area contributed by atoms with E-state index < -0.39 is 0 Å². The standard InChI is InChI=1S/C11H10N2O2S/c14-10-9-6-16-7-12(9)11(15)13(10)8-4-2-1-3-5-8/h1-5,9H,6-7H2/t9-/m1/s1. The van der Waals surface area contributed by atoms with Gasteiger partial charge in [0.1, 0.15) is 6.04 Å². The molecular formula is C11H10N2O2S. The molecule has 1 aromatic carbocycles. The lowest BCUT2D eigenvalue weighted by molar-refractivity contribution is -0.118. The van der Waals surface area contributed by atoms with Crippen molar-refractivity contribution in [2.45, 2.75) is 6.04 Å². The Bertz CT molecular complexity index is 427. The number of amides is 3. The fraction of sp³-hybridized carbons (Fsp3) is 0.273. The molecule has 0 saturated carbocycles. The van der Waals surface area contributed by atoms with E-state index in [1.165, 1.54) is 4.90 Å². The van der Waals surface area contributed by atoms with Gasteiger partial charge < -0.3 is 4.90 Å². The number of urea groups is 1. The second-order valence-corrected chi connectivity index (χ2v) is 4.78. The first-order valence-corrected chi connectivity index (χ1v) is 6.22. The van der Waals surface area contributed by atoms with Crippen molar-refractivity contribution in [2.75, 3.05) is 16.5 Å². The highest BCUT2D eigenvalue weighted by Gasteiger charge is 2.48. The van der Waals surface area contributed by atoms with Crippen molar-refractivity contribution in [3.8, 4) is 0 Å². The average Bonchev–Trinajstić information content (AvgIpc) is 2.86. The monoisotopic (exact) mass is 234 g/mol.